The summed E-state index contributed by atoms with van der Waals surface area (Å²) in [7, 11) is 0. The van der Waals surface area contributed by atoms with Gasteiger partial charge in [-0.2, -0.15) is 0 Å². The van der Waals surface area contributed by atoms with E-state index in [2.05, 4.69) is 0 Å². The van der Waals surface area contributed by atoms with Gasteiger partial charge < -0.3 is 9.80 Å². The molecule has 0 spiro atoms. The Bertz CT molecular complexity index is 874. The number of thioether (sulfide) groups is 1. The van der Waals surface area contributed by atoms with Crippen LogP contribution in [0.15, 0.2) is 30.3 Å². The van der Waals surface area contributed by atoms with E-state index in [4.69, 9.17) is 11.6 Å². The molecule has 2 aromatic rings. The maximum Gasteiger partial charge on any atom is 0.248 e. The molecule has 1 aromatic carbocycles. The summed E-state index contributed by atoms with van der Waals surface area (Å²) in [5, 5.41) is 1.68. The highest BCUT2D eigenvalue weighted by Gasteiger charge is 2.36. The lowest BCUT2D eigenvalue weighted by molar-refractivity contribution is -0.140. The second-order valence-electron chi connectivity index (χ2n) is 6.47. The maximum atomic E-state index is 12.7. The van der Waals surface area contributed by atoms with E-state index >= 15 is 0 Å². The van der Waals surface area contributed by atoms with Crippen LogP contribution in [0.4, 0.5) is 0 Å². The van der Waals surface area contributed by atoms with Crippen molar-refractivity contribution in [1.29, 1.82) is 0 Å². The Morgan fingerprint density at radius 1 is 1.19 bits per heavy atom. The summed E-state index contributed by atoms with van der Waals surface area (Å²) in [5.41, 5.74) is 0. The molecule has 4 rings (SSSR count). The molecule has 4 nitrogen and oxygen atoms in total. The lowest BCUT2D eigenvalue weighted by Gasteiger charge is -2.26. The Morgan fingerprint density at radius 2 is 1.96 bits per heavy atom. The molecule has 0 aliphatic carbocycles. The Labute approximate surface area is 165 Å². The number of carbonyl (C=O) groups excluding carboxylic acids is 2. The first-order chi connectivity index (χ1) is 12.6. The number of hydrogen-bond acceptors (Lipinski definition) is 4. The molecule has 0 bridgehead atoms. The monoisotopic (exact) mass is 406 g/mol. The quantitative estimate of drug-likeness (QED) is 0.721. The number of carbonyl (C=O) groups is 2. The third-order valence-electron chi connectivity index (χ3n) is 4.81. The summed E-state index contributed by atoms with van der Waals surface area (Å²) in [6.07, 6.45) is 5.44. The molecule has 2 amide bonds. The largest absolute Gasteiger partial charge is 0.341 e. The number of rotatable bonds is 3. The third-order valence-corrected chi connectivity index (χ3v) is 7.47. The molecule has 2 aliphatic heterocycles. The molecule has 2 saturated heterocycles. The van der Waals surface area contributed by atoms with Crippen LogP contribution in [0.5, 0.6) is 0 Å². The molecule has 0 saturated carbocycles. The molecule has 1 unspecified atom stereocenters. The Hall–Kier alpha value is -1.50. The summed E-state index contributed by atoms with van der Waals surface area (Å²) in [6.45, 7) is 1.63. The highest BCUT2D eigenvalue weighted by molar-refractivity contribution is 7.99. The van der Waals surface area contributed by atoms with E-state index in [0.717, 1.165) is 40.9 Å². The van der Waals surface area contributed by atoms with E-state index in [0.29, 0.717) is 16.7 Å². The molecule has 26 heavy (non-hydrogen) atoms. The number of thiophene rings is 1. The maximum absolute atomic E-state index is 12.7. The molecular formula is C19H19ClN2O2S2. The number of likely N-dealkylation sites (tertiary alicyclic amines) is 1. The topological polar surface area (TPSA) is 40.6 Å². The van der Waals surface area contributed by atoms with E-state index in [1.54, 1.807) is 40.2 Å². The highest BCUT2D eigenvalue weighted by Crippen LogP contribution is 2.36. The zero-order valence-corrected chi connectivity index (χ0v) is 16.6. The van der Waals surface area contributed by atoms with Gasteiger partial charge in [0.25, 0.3) is 0 Å². The van der Waals surface area contributed by atoms with Gasteiger partial charge in [0, 0.05) is 39.9 Å². The van der Waals surface area contributed by atoms with E-state index in [9.17, 15) is 9.59 Å². The van der Waals surface area contributed by atoms with Gasteiger partial charge in [-0.3, -0.25) is 9.59 Å². The van der Waals surface area contributed by atoms with Crippen molar-refractivity contribution in [2.45, 2.75) is 18.9 Å². The van der Waals surface area contributed by atoms with Crippen LogP contribution in [-0.2, 0) is 9.59 Å². The van der Waals surface area contributed by atoms with E-state index in [1.165, 1.54) is 0 Å². The predicted octanol–water partition coefficient (Wildman–Crippen LogP) is 4.09. The first kappa shape index (κ1) is 17.9. The number of fused-ring (bicyclic) bond motifs is 1. The summed E-state index contributed by atoms with van der Waals surface area (Å²) < 4.78 is 1.10. The standard InChI is InChI=1S/C19H19ClN2O2S2/c20-18-13-5-1-2-6-15(13)26-16(18)7-8-17(23)22-12-25-11-14(22)19(24)21-9-3-4-10-21/h1-2,5-8,14H,3-4,9-12H2/b8-7+. The number of benzene rings is 1. The molecule has 1 aromatic heterocycles. The summed E-state index contributed by atoms with van der Waals surface area (Å²) in [6, 6.07) is 7.59. The highest BCUT2D eigenvalue weighted by atomic mass is 35.5. The first-order valence-electron chi connectivity index (χ1n) is 8.67. The zero-order valence-electron chi connectivity index (χ0n) is 14.2. The predicted molar refractivity (Wildman–Crippen MR) is 110 cm³/mol. The lowest BCUT2D eigenvalue weighted by atomic mass is 10.2. The van der Waals surface area contributed by atoms with Gasteiger partial charge in [0.15, 0.2) is 0 Å². The minimum Gasteiger partial charge on any atom is -0.341 e. The lowest BCUT2D eigenvalue weighted by Crippen LogP contribution is -2.47. The minimum atomic E-state index is -0.340. The van der Waals surface area contributed by atoms with Crippen LogP contribution in [-0.4, -0.2) is 52.4 Å². The molecule has 3 heterocycles. The molecule has 2 aliphatic rings. The van der Waals surface area contributed by atoms with Crippen molar-refractivity contribution in [3.05, 3.63) is 40.2 Å². The van der Waals surface area contributed by atoms with E-state index < -0.39 is 0 Å². The fourth-order valence-corrected chi connectivity index (χ4v) is 5.95. The molecule has 1 atom stereocenters. The average molecular weight is 407 g/mol. The van der Waals surface area contributed by atoms with Gasteiger partial charge in [-0.05, 0) is 25.0 Å². The second kappa shape index (κ2) is 7.62. The summed E-state index contributed by atoms with van der Waals surface area (Å²) in [5.74, 6) is 1.21. The molecule has 0 radical (unpaired) electrons. The first-order valence-corrected chi connectivity index (χ1v) is 11.0. The van der Waals surface area contributed by atoms with Crippen molar-refractivity contribution in [3.8, 4) is 0 Å². The number of amides is 2. The summed E-state index contributed by atoms with van der Waals surface area (Å²) >= 11 is 9.64. The molecule has 136 valence electrons. The minimum absolute atomic E-state index is 0.0918. The summed E-state index contributed by atoms with van der Waals surface area (Å²) in [4.78, 5) is 29.8. The van der Waals surface area contributed by atoms with Crippen LogP contribution in [0.25, 0.3) is 16.2 Å². The van der Waals surface area contributed by atoms with E-state index in [-0.39, 0.29) is 17.9 Å². The van der Waals surface area contributed by atoms with Gasteiger partial charge in [-0.1, -0.05) is 29.8 Å². The van der Waals surface area contributed by atoms with Crippen LogP contribution in [0.3, 0.4) is 0 Å². The number of hydrogen-bond donors (Lipinski definition) is 0. The van der Waals surface area contributed by atoms with Gasteiger partial charge in [0.05, 0.1) is 10.9 Å². The van der Waals surface area contributed by atoms with Crippen molar-refractivity contribution in [2.75, 3.05) is 24.7 Å². The smallest absolute Gasteiger partial charge is 0.248 e. The van der Waals surface area contributed by atoms with Crippen LogP contribution < -0.4 is 0 Å². The van der Waals surface area contributed by atoms with Gasteiger partial charge >= 0.3 is 0 Å². The van der Waals surface area contributed by atoms with Gasteiger partial charge in [0.2, 0.25) is 11.8 Å². The number of nitrogens with zero attached hydrogens (tertiary/aromatic N) is 2. The SMILES string of the molecule is O=C(C1CSCN1C(=O)/C=C/c1sc2ccccc2c1Cl)N1CCCC1. The molecule has 7 heteroatoms. The van der Waals surface area contributed by atoms with E-state index in [1.807, 2.05) is 29.2 Å². The van der Waals surface area contributed by atoms with Gasteiger partial charge in [-0.25, -0.2) is 0 Å². The molecule has 2 fully saturated rings. The van der Waals surface area contributed by atoms with Crippen molar-refractivity contribution >= 4 is 62.7 Å². The Morgan fingerprint density at radius 3 is 2.73 bits per heavy atom. The molecule has 0 N–H and O–H groups in total. The molecular weight excluding hydrogens is 388 g/mol. The third kappa shape index (κ3) is 3.38. The zero-order chi connectivity index (χ0) is 18.1. The normalized spacial score (nSPS) is 20.6. The number of halogens is 1. The van der Waals surface area contributed by atoms with Gasteiger partial charge in [-0.15, -0.1) is 23.1 Å². The fraction of sp³-hybridized carbons (Fsp3) is 0.368. The Kier molecular flexibility index (Phi) is 5.25. The van der Waals surface area contributed by atoms with Crippen LogP contribution >= 0.6 is 34.7 Å². The average Bonchev–Trinajstić information content (AvgIpc) is 3.40. The van der Waals surface area contributed by atoms with Gasteiger partial charge in [0.1, 0.15) is 6.04 Å². The van der Waals surface area contributed by atoms with Crippen molar-refractivity contribution in [1.82, 2.24) is 9.80 Å². The van der Waals surface area contributed by atoms with Crippen molar-refractivity contribution in [3.63, 3.8) is 0 Å². The Balaban J connectivity index is 1.50. The van der Waals surface area contributed by atoms with Crippen LogP contribution in [0.2, 0.25) is 5.02 Å². The van der Waals surface area contributed by atoms with Crippen LogP contribution in [0, 0.1) is 0 Å². The second-order valence-corrected chi connectivity index (χ2v) is 8.93. The van der Waals surface area contributed by atoms with Crippen molar-refractivity contribution in [2.24, 2.45) is 0 Å². The van der Waals surface area contributed by atoms with Crippen molar-refractivity contribution < 1.29 is 9.59 Å². The fourth-order valence-electron chi connectivity index (χ4n) is 3.40. The van der Waals surface area contributed by atoms with Crippen LogP contribution in [0.1, 0.15) is 17.7 Å².